The number of hydrogen-bond donors (Lipinski definition) is 1. The first-order valence-electron chi connectivity index (χ1n) is 10.3. The molecule has 0 spiro atoms. The summed E-state index contributed by atoms with van der Waals surface area (Å²) < 4.78 is 51.8. The van der Waals surface area contributed by atoms with Crippen molar-refractivity contribution in [3.63, 3.8) is 0 Å². The molecule has 9 heteroatoms. The molecule has 0 bridgehead atoms. The molecule has 1 fully saturated rings. The van der Waals surface area contributed by atoms with Gasteiger partial charge in [0.05, 0.1) is 15.8 Å². The standard InChI is InChI=1S/C22H24F4N4S/c23-20-10-16-9-14(1-2-15(16)11-28-20)19-12-29-21(31-19)4-3-18(27)13-30-7-5-17(6-8-30)22(24,25)26/h1-2,9-12,17-18H,3-8,13,27H2/t18-/m1/s1. The van der Waals surface area contributed by atoms with E-state index < -0.39 is 18.0 Å². The average Bonchev–Trinajstić information content (AvgIpc) is 3.20. The minimum Gasteiger partial charge on any atom is -0.327 e. The molecule has 1 aromatic carbocycles. The normalized spacial score (nSPS) is 17.3. The Morgan fingerprint density at radius 3 is 2.61 bits per heavy atom. The molecule has 0 saturated carbocycles. The number of hydrogen-bond acceptors (Lipinski definition) is 5. The highest BCUT2D eigenvalue weighted by molar-refractivity contribution is 7.15. The number of nitrogens with zero attached hydrogens (tertiary/aromatic N) is 3. The van der Waals surface area contributed by atoms with Crippen molar-refractivity contribution < 1.29 is 17.6 Å². The molecule has 31 heavy (non-hydrogen) atoms. The van der Waals surface area contributed by atoms with Gasteiger partial charge in [-0.3, -0.25) is 0 Å². The molecule has 1 atom stereocenters. The van der Waals surface area contributed by atoms with Crippen molar-refractivity contribution >= 4 is 22.1 Å². The van der Waals surface area contributed by atoms with Gasteiger partial charge in [-0.05, 0) is 49.4 Å². The molecule has 1 aliphatic heterocycles. The van der Waals surface area contributed by atoms with Crippen LogP contribution >= 0.6 is 11.3 Å². The van der Waals surface area contributed by atoms with Crippen LogP contribution in [0.4, 0.5) is 17.6 Å². The largest absolute Gasteiger partial charge is 0.391 e. The maximum absolute atomic E-state index is 13.4. The Bertz CT molecular complexity index is 1030. The van der Waals surface area contributed by atoms with E-state index in [1.54, 1.807) is 11.3 Å². The maximum Gasteiger partial charge on any atom is 0.391 e. The van der Waals surface area contributed by atoms with E-state index in [-0.39, 0.29) is 18.9 Å². The van der Waals surface area contributed by atoms with E-state index in [4.69, 9.17) is 5.73 Å². The second-order valence-electron chi connectivity index (χ2n) is 8.10. The number of piperidine rings is 1. The van der Waals surface area contributed by atoms with Crippen LogP contribution in [0.1, 0.15) is 24.3 Å². The van der Waals surface area contributed by atoms with Crippen molar-refractivity contribution in [2.24, 2.45) is 11.7 Å². The van der Waals surface area contributed by atoms with Crippen LogP contribution < -0.4 is 5.73 Å². The monoisotopic (exact) mass is 452 g/mol. The van der Waals surface area contributed by atoms with Crippen molar-refractivity contribution in [1.29, 1.82) is 0 Å². The average molecular weight is 453 g/mol. The molecule has 0 aliphatic carbocycles. The molecular formula is C22H24F4N4S. The van der Waals surface area contributed by atoms with Crippen LogP contribution in [0.2, 0.25) is 0 Å². The van der Waals surface area contributed by atoms with Crippen molar-refractivity contribution in [2.75, 3.05) is 19.6 Å². The Labute approximate surface area is 182 Å². The highest BCUT2D eigenvalue weighted by Gasteiger charge is 2.41. The lowest BCUT2D eigenvalue weighted by atomic mass is 9.96. The smallest absolute Gasteiger partial charge is 0.327 e. The number of pyridine rings is 1. The number of benzene rings is 1. The van der Waals surface area contributed by atoms with Crippen LogP contribution in [0.3, 0.4) is 0 Å². The van der Waals surface area contributed by atoms with Crippen molar-refractivity contribution in [3.05, 3.63) is 47.6 Å². The lowest BCUT2D eigenvalue weighted by molar-refractivity contribution is -0.185. The minimum absolute atomic E-state index is 0.106. The number of aryl methyl sites for hydroxylation is 1. The first-order chi connectivity index (χ1) is 14.8. The fourth-order valence-electron chi connectivity index (χ4n) is 4.00. The Hall–Kier alpha value is -2.10. The van der Waals surface area contributed by atoms with Gasteiger partial charge in [-0.1, -0.05) is 12.1 Å². The van der Waals surface area contributed by atoms with Crippen LogP contribution in [0, 0.1) is 11.9 Å². The van der Waals surface area contributed by atoms with Gasteiger partial charge >= 0.3 is 6.18 Å². The molecule has 3 heterocycles. The summed E-state index contributed by atoms with van der Waals surface area (Å²) in [5.41, 5.74) is 7.21. The van der Waals surface area contributed by atoms with Crippen molar-refractivity contribution in [2.45, 2.75) is 37.9 Å². The summed E-state index contributed by atoms with van der Waals surface area (Å²) in [5.74, 6) is -1.69. The van der Waals surface area contributed by atoms with Gasteiger partial charge in [-0.2, -0.15) is 17.6 Å². The van der Waals surface area contributed by atoms with E-state index in [0.717, 1.165) is 39.1 Å². The van der Waals surface area contributed by atoms with E-state index >= 15 is 0 Å². The SMILES string of the molecule is N[C@H](CCc1ncc(-c2ccc3cnc(F)cc3c2)s1)CN1CCC(C(F)(F)F)CC1. The molecule has 166 valence electrons. The van der Waals surface area contributed by atoms with E-state index in [1.807, 2.05) is 29.3 Å². The minimum atomic E-state index is -4.09. The van der Waals surface area contributed by atoms with E-state index in [2.05, 4.69) is 9.97 Å². The van der Waals surface area contributed by atoms with Gasteiger partial charge in [0.2, 0.25) is 5.95 Å². The summed E-state index contributed by atoms with van der Waals surface area (Å²) in [7, 11) is 0. The molecule has 3 aromatic rings. The molecule has 1 saturated heterocycles. The van der Waals surface area contributed by atoms with Crippen molar-refractivity contribution in [3.8, 4) is 10.4 Å². The number of halogens is 4. The Kier molecular flexibility index (Phi) is 6.55. The number of nitrogens with two attached hydrogens (primary N) is 1. The third kappa shape index (κ3) is 5.58. The summed E-state index contributed by atoms with van der Waals surface area (Å²) >= 11 is 1.58. The zero-order chi connectivity index (χ0) is 22.0. The predicted molar refractivity (Wildman–Crippen MR) is 114 cm³/mol. The van der Waals surface area contributed by atoms with Gasteiger partial charge in [0.15, 0.2) is 0 Å². The first kappa shape index (κ1) is 22.1. The second kappa shape index (κ2) is 9.18. The lowest BCUT2D eigenvalue weighted by Crippen LogP contribution is -2.44. The zero-order valence-corrected chi connectivity index (χ0v) is 17.7. The fourth-order valence-corrected chi connectivity index (χ4v) is 4.93. The maximum atomic E-state index is 13.4. The van der Waals surface area contributed by atoms with E-state index in [0.29, 0.717) is 19.6 Å². The number of alkyl halides is 3. The molecule has 0 unspecified atom stereocenters. The van der Waals surface area contributed by atoms with Gasteiger partial charge in [0.25, 0.3) is 0 Å². The predicted octanol–water partition coefficient (Wildman–Crippen LogP) is 5.03. The quantitative estimate of drug-likeness (QED) is 0.421. The Balaban J connectivity index is 1.29. The molecule has 4 rings (SSSR count). The number of likely N-dealkylation sites (tertiary alicyclic amines) is 1. The zero-order valence-electron chi connectivity index (χ0n) is 16.9. The summed E-state index contributed by atoms with van der Waals surface area (Å²) in [6.45, 7) is 1.49. The van der Waals surface area contributed by atoms with Gasteiger partial charge < -0.3 is 10.6 Å². The molecular weight excluding hydrogens is 428 g/mol. The third-order valence-electron chi connectivity index (χ3n) is 5.80. The summed E-state index contributed by atoms with van der Waals surface area (Å²) in [6, 6.07) is 7.11. The number of thiazole rings is 1. The summed E-state index contributed by atoms with van der Waals surface area (Å²) in [4.78, 5) is 11.2. The van der Waals surface area contributed by atoms with Gasteiger partial charge in [0, 0.05) is 42.9 Å². The van der Waals surface area contributed by atoms with Crippen LogP contribution in [0.5, 0.6) is 0 Å². The topological polar surface area (TPSA) is 55.0 Å². The van der Waals surface area contributed by atoms with Crippen LogP contribution in [-0.4, -0.2) is 46.7 Å². The highest BCUT2D eigenvalue weighted by Crippen LogP contribution is 2.34. The number of fused-ring (bicyclic) bond motifs is 1. The van der Waals surface area contributed by atoms with Gasteiger partial charge in [-0.25, -0.2) is 9.97 Å². The Morgan fingerprint density at radius 1 is 1.10 bits per heavy atom. The third-order valence-corrected chi connectivity index (χ3v) is 6.90. The highest BCUT2D eigenvalue weighted by atomic mass is 32.1. The molecule has 2 aromatic heterocycles. The van der Waals surface area contributed by atoms with Gasteiger partial charge in [-0.15, -0.1) is 11.3 Å². The fraction of sp³-hybridized carbons (Fsp3) is 0.455. The Morgan fingerprint density at radius 2 is 1.87 bits per heavy atom. The van der Waals surface area contributed by atoms with Crippen LogP contribution in [0.15, 0.2) is 36.7 Å². The van der Waals surface area contributed by atoms with Crippen LogP contribution in [0.25, 0.3) is 21.2 Å². The number of aromatic nitrogens is 2. The first-order valence-corrected chi connectivity index (χ1v) is 11.1. The molecule has 1 aliphatic rings. The number of rotatable bonds is 6. The second-order valence-corrected chi connectivity index (χ2v) is 9.22. The van der Waals surface area contributed by atoms with E-state index in [9.17, 15) is 17.6 Å². The molecule has 0 radical (unpaired) electrons. The summed E-state index contributed by atoms with van der Waals surface area (Å²) in [5, 5.41) is 2.62. The molecule has 2 N–H and O–H groups in total. The van der Waals surface area contributed by atoms with Crippen LogP contribution in [-0.2, 0) is 6.42 Å². The molecule has 0 amide bonds. The molecule has 4 nitrogen and oxygen atoms in total. The van der Waals surface area contributed by atoms with Gasteiger partial charge in [0.1, 0.15) is 0 Å². The van der Waals surface area contributed by atoms with E-state index in [1.165, 1.54) is 12.3 Å². The van der Waals surface area contributed by atoms with Crippen molar-refractivity contribution in [1.82, 2.24) is 14.9 Å². The lowest BCUT2D eigenvalue weighted by Gasteiger charge is -2.34. The summed E-state index contributed by atoms with van der Waals surface area (Å²) in [6.07, 6.45) is 0.978.